The Hall–Kier alpha value is -0.250. The van der Waals surface area contributed by atoms with Gasteiger partial charge in [-0.25, -0.2) is 0 Å². The molecule has 0 aromatic carbocycles. The summed E-state index contributed by atoms with van der Waals surface area (Å²) in [7, 11) is 0. The fourth-order valence-corrected chi connectivity index (χ4v) is 1.69. The van der Waals surface area contributed by atoms with Crippen LogP contribution in [-0.2, 0) is 0 Å². The van der Waals surface area contributed by atoms with Crippen LogP contribution in [0.25, 0.3) is 0 Å². The highest BCUT2D eigenvalue weighted by atomic mass is 19.4. The molecule has 0 radical (unpaired) electrons. The van der Waals surface area contributed by atoms with Crippen molar-refractivity contribution in [1.29, 1.82) is 0 Å². The summed E-state index contributed by atoms with van der Waals surface area (Å²) in [6.45, 7) is 4.28. The van der Waals surface area contributed by atoms with E-state index in [4.69, 9.17) is 0 Å². The molecule has 84 valence electrons. The van der Waals surface area contributed by atoms with E-state index in [1.807, 2.05) is 13.8 Å². The molecule has 14 heavy (non-hydrogen) atoms. The molecule has 1 N–H and O–H groups in total. The summed E-state index contributed by atoms with van der Waals surface area (Å²) in [5.74, 6) is 0.0775. The smallest absolute Gasteiger partial charge is 0.306 e. The third-order valence-electron chi connectivity index (χ3n) is 2.72. The van der Waals surface area contributed by atoms with E-state index in [1.54, 1.807) is 0 Å². The summed E-state index contributed by atoms with van der Waals surface area (Å²) < 4.78 is 37.7. The Kier molecular flexibility index (Phi) is 3.81. The van der Waals surface area contributed by atoms with Crippen molar-refractivity contribution < 1.29 is 13.2 Å². The third kappa shape index (κ3) is 3.15. The van der Waals surface area contributed by atoms with E-state index < -0.39 is 12.2 Å². The lowest BCUT2D eigenvalue weighted by atomic mass is 9.79. The predicted octanol–water partition coefficient (Wildman–Crippen LogP) is 2.96. The average molecular weight is 209 g/mol. The lowest BCUT2D eigenvalue weighted by Crippen LogP contribution is -2.50. The lowest BCUT2D eigenvalue weighted by molar-refractivity contribution is -0.174. The number of hydrogen-bond donors (Lipinski definition) is 1. The van der Waals surface area contributed by atoms with E-state index in [-0.39, 0.29) is 11.8 Å². The second-order valence-electron chi connectivity index (χ2n) is 4.51. The summed E-state index contributed by atoms with van der Waals surface area (Å²) in [6, 6.07) is -1.28. The molecule has 0 bridgehead atoms. The fourth-order valence-electron chi connectivity index (χ4n) is 1.69. The summed E-state index contributed by atoms with van der Waals surface area (Å²) in [5, 5.41) is 2.64. The number of alkyl halides is 3. The first kappa shape index (κ1) is 11.8. The number of rotatable bonds is 4. The first-order valence-corrected chi connectivity index (χ1v) is 5.21. The minimum atomic E-state index is -4.08. The molecule has 0 aliphatic heterocycles. The van der Waals surface area contributed by atoms with Crippen molar-refractivity contribution in [3.63, 3.8) is 0 Å². The molecule has 4 heteroatoms. The van der Waals surface area contributed by atoms with Gasteiger partial charge in [-0.1, -0.05) is 20.3 Å². The second kappa shape index (κ2) is 4.51. The van der Waals surface area contributed by atoms with Crippen molar-refractivity contribution >= 4 is 0 Å². The summed E-state index contributed by atoms with van der Waals surface area (Å²) in [5.41, 5.74) is 0. The molecule has 0 saturated heterocycles. The molecule has 0 heterocycles. The van der Waals surface area contributed by atoms with Crippen LogP contribution < -0.4 is 5.32 Å². The highest BCUT2D eigenvalue weighted by molar-refractivity contribution is 4.87. The van der Waals surface area contributed by atoms with Gasteiger partial charge in [0.1, 0.15) is 6.04 Å². The van der Waals surface area contributed by atoms with Crippen molar-refractivity contribution in [2.75, 3.05) is 6.54 Å². The van der Waals surface area contributed by atoms with E-state index in [1.165, 1.54) is 0 Å². The van der Waals surface area contributed by atoms with Crippen molar-refractivity contribution in [3.05, 3.63) is 0 Å². The summed E-state index contributed by atoms with van der Waals surface area (Å²) >= 11 is 0. The Bertz CT molecular complexity index is 173. The van der Waals surface area contributed by atoms with Crippen LogP contribution in [0.5, 0.6) is 0 Å². The normalized spacial score (nSPS) is 21.0. The van der Waals surface area contributed by atoms with Gasteiger partial charge in [-0.05, 0) is 31.2 Å². The molecule has 1 atom stereocenters. The SMILES string of the molecule is CC(C)CN[C@H](C1CCC1)C(F)(F)F. The van der Waals surface area contributed by atoms with Gasteiger partial charge in [0.25, 0.3) is 0 Å². The van der Waals surface area contributed by atoms with Gasteiger partial charge in [0, 0.05) is 0 Å². The fraction of sp³-hybridized carbons (Fsp3) is 1.00. The Morgan fingerprint density at radius 3 is 2.14 bits per heavy atom. The highest BCUT2D eigenvalue weighted by Gasteiger charge is 2.45. The van der Waals surface area contributed by atoms with E-state index in [9.17, 15) is 13.2 Å². The molecule has 1 saturated carbocycles. The minimum absolute atomic E-state index is 0.186. The van der Waals surface area contributed by atoms with Crippen LogP contribution in [0.1, 0.15) is 33.1 Å². The maximum Gasteiger partial charge on any atom is 0.404 e. The molecule has 1 rings (SSSR count). The van der Waals surface area contributed by atoms with Gasteiger partial charge >= 0.3 is 6.18 Å². The van der Waals surface area contributed by atoms with Gasteiger partial charge in [0.15, 0.2) is 0 Å². The molecule has 0 amide bonds. The van der Waals surface area contributed by atoms with E-state index in [0.717, 1.165) is 19.3 Å². The van der Waals surface area contributed by atoms with Gasteiger partial charge in [0.2, 0.25) is 0 Å². The van der Waals surface area contributed by atoms with Crippen molar-refractivity contribution in [3.8, 4) is 0 Å². The molecule has 0 aromatic heterocycles. The van der Waals surface area contributed by atoms with Gasteiger partial charge in [-0.3, -0.25) is 0 Å². The van der Waals surface area contributed by atoms with Crippen molar-refractivity contribution in [1.82, 2.24) is 5.32 Å². The number of nitrogens with one attached hydrogen (secondary N) is 1. The minimum Gasteiger partial charge on any atom is -0.306 e. The van der Waals surface area contributed by atoms with Crippen LogP contribution in [0.4, 0.5) is 13.2 Å². The largest absolute Gasteiger partial charge is 0.404 e. The molecule has 1 aliphatic rings. The highest BCUT2D eigenvalue weighted by Crippen LogP contribution is 2.37. The molecule has 0 unspecified atom stereocenters. The summed E-state index contributed by atoms with van der Waals surface area (Å²) in [4.78, 5) is 0. The maximum atomic E-state index is 12.6. The van der Waals surface area contributed by atoms with Crippen molar-refractivity contribution in [2.45, 2.75) is 45.3 Å². The van der Waals surface area contributed by atoms with Gasteiger partial charge in [-0.15, -0.1) is 0 Å². The first-order valence-electron chi connectivity index (χ1n) is 5.21. The van der Waals surface area contributed by atoms with E-state index >= 15 is 0 Å². The standard InChI is InChI=1S/C10H18F3N/c1-7(2)6-14-9(10(11,12)13)8-4-3-5-8/h7-9,14H,3-6H2,1-2H3/t9-/m1/s1. The second-order valence-corrected chi connectivity index (χ2v) is 4.51. The Morgan fingerprint density at radius 1 is 1.29 bits per heavy atom. The molecule has 1 nitrogen and oxygen atoms in total. The zero-order valence-corrected chi connectivity index (χ0v) is 8.69. The maximum absolute atomic E-state index is 12.6. The Labute approximate surface area is 83.1 Å². The zero-order chi connectivity index (χ0) is 10.8. The average Bonchev–Trinajstić information content (AvgIpc) is 1.90. The van der Waals surface area contributed by atoms with Crippen LogP contribution in [-0.4, -0.2) is 18.8 Å². The van der Waals surface area contributed by atoms with Crippen LogP contribution in [0.2, 0.25) is 0 Å². The van der Waals surface area contributed by atoms with Crippen molar-refractivity contribution in [2.24, 2.45) is 11.8 Å². The zero-order valence-electron chi connectivity index (χ0n) is 8.69. The summed E-state index contributed by atoms with van der Waals surface area (Å²) in [6.07, 6.45) is -1.70. The number of hydrogen-bond acceptors (Lipinski definition) is 1. The monoisotopic (exact) mass is 209 g/mol. The quantitative estimate of drug-likeness (QED) is 0.750. The van der Waals surface area contributed by atoms with Crippen LogP contribution in [0.3, 0.4) is 0 Å². The first-order chi connectivity index (χ1) is 6.41. The van der Waals surface area contributed by atoms with Gasteiger partial charge in [0.05, 0.1) is 0 Å². The van der Waals surface area contributed by atoms with Crippen LogP contribution in [0.15, 0.2) is 0 Å². The number of halogens is 3. The molecular weight excluding hydrogens is 191 g/mol. The molecule has 1 aliphatic carbocycles. The topological polar surface area (TPSA) is 12.0 Å². The molecule has 0 spiro atoms. The third-order valence-corrected chi connectivity index (χ3v) is 2.72. The van der Waals surface area contributed by atoms with E-state index in [2.05, 4.69) is 5.32 Å². The van der Waals surface area contributed by atoms with E-state index in [0.29, 0.717) is 6.54 Å². The predicted molar refractivity (Wildman–Crippen MR) is 50.0 cm³/mol. The van der Waals surface area contributed by atoms with Gasteiger partial charge < -0.3 is 5.32 Å². The lowest BCUT2D eigenvalue weighted by Gasteiger charge is -2.35. The Balaban J connectivity index is 2.44. The van der Waals surface area contributed by atoms with Crippen LogP contribution in [0, 0.1) is 11.8 Å². The van der Waals surface area contributed by atoms with Gasteiger partial charge in [-0.2, -0.15) is 13.2 Å². The molecular formula is C10H18F3N. The molecule has 1 fully saturated rings. The Morgan fingerprint density at radius 2 is 1.86 bits per heavy atom. The van der Waals surface area contributed by atoms with Crippen LogP contribution >= 0.6 is 0 Å². The molecule has 0 aromatic rings.